The van der Waals surface area contributed by atoms with Gasteiger partial charge in [-0.3, -0.25) is 0 Å². The van der Waals surface area contributed by atoms with Crippen LogP contribution in [0.3, 0.4) is 0 Å². The average Bonchev–Trinajstić information content (AvgIpc) is 2.57. The van der Waals surface area contributed by atoms with Crippen LogP contribution in [0, 0.1) is 0 Å². The van der Waals surface area contributed by atoms with Crippen molar-refractivity contribution < 1.29 is 9.47 Å². The van der Waals surface area contributed by atoms with Crippen LogP contribution < -0.4 is 14.8 Å². The summed E-state index contributed by atoms with van der Waals surface area (Å²) in [5, 5.41) is 3.44. The molecule has 0 amide bonds. The molecule has 0 bridgehead atoms. The molecule has 2 aromatic carbocycles. The van der Waals surface area contributed by atoms with Crippen molar-refractivity contribution in [2.24, 2.45) is 0 Å². The first-order valence-corrected chi connectivity index (χ1v) is 8.02. The van der Waals surface area contributed by atoms with E-state index in [2.05, 4.69) is 35.6 Å². The Morgan fingerprint density at radius 3 is 2.68 bits per heavy atom. The zero-order chi connectivity index (χ0) is 15.2. The van der Waals surface area contributed by atoms with Gasteiger partial charge in [-0.05, 0) is 37.6 Å². The molecule has 22 heavy (non-hydrogen) atoms. The molecule has 0 radical (unpaired) electrons. The van der Waals surface area contributed by atoms with Gasteiger partial charge in [0.25, 0.3) is 0 Å². The van der Waals surface area contributed by atoms with Gasteiger partial charge >= 0.3 is 0 Å². The van der Waals surface area contributed by atoms with E-state index >= 15 is 0 Å². The van der Waals surface area contributed by atoms with Gasteiger partial charge in [-0.15, -0.1) is 0 Å². The standard InChI is InChI=1S/C19H23NO2/c1-2-21-16-9-6-10-17(13-16)22-19-14-20-12-11-18(19)15-7-4-3-5-8-15/h3-10,13,18-20H,2,11-12,14H2,1H3. The van der Waals surface area contributed by atoms with Gasteiger partial charge in [0.2, 0.25) is 0 Å². The number of nitrogens with one attached hydrogen (secondary N) is 1. The first kappa shape index (κ1) is 14.9. The van der Waals surface area contributed by atoms with Crippen molar-refractivity contribution in [1.82, 2.24) is 5.32 Å². The second-order valence-corrected chi connectivity index (χ2v) is 5.57. The molecule has 1 aliphatic rings. The monoisotopic (exact) mass is 297 g/mol. The average molecular weight is 297 g/mol. The largest absolute Gasteiger partial charge is 0.494 e. The van der Waals surface area contributed by atoms with Crippen LogP contribution in [-0.2, 0) is 0 Å². The molecule has 1 heterocycles. The fraction of sp³-hybridized carbons (Fsp3) is 0.368. The van der Waals surface area contributed by atoms with Crippen LogP contribution in [0.5, 0.6) is 11.5 Å². The molecule has 3 rings (SSSR count). The third-order valence-electron chi connectivity index (χ3n) is 4.06. The van der Waals surface area contributed by atoms with Gasteiger partial charge < -0.3 is 14.8 Å². The molecule has 1 N–H and O–H groups in total. The quantitative estimate of drug-likeness (QED) is 0.914. The van der Waals surface area contributed by atoms with Gasteiger partial charge in [-0.2, -0.15) is 0 Å². The molecule has 0 aliphatic carbocycles. The normalized spacial score (nSPS) is 21.3. The maximum atomic E-state index is 6.27. The minimum Gasteiger partial charge on any atom is -0.494 e. The second kappa shape index (κ2) is 7.32. The first-order chi connectivity index (χ1) is 10.9. The maximum absolute atomic E-state index is 6.27. The Kier molecular flexibility index (Phi) is 4.96. The van der Waals surface area contributed by atoms with Crippen LogP contribution in [0.1, 0.15) is 24.8 Å². The van der Waals surface area contributed by atoms with E-state index in [1.807, 2.05) is 31.2 Å². The molecule has 0 saturated carbocycles. The Morgan fingerprint density at radius 2 is 1.86 bits per heavy atom. The third kappa shape index (κ3) is 3.60. The summed E-state index contributed by atoms with van der Waals surface area (Å²) < 4.78 is 11.8. The van der Waals surface area contributed by atoms with E-state index in [9.17, 15) is 0 Å². The Hall–Kier alpha value is -2.00. The summed E-state index contributed by atoms with van der Waals surface area (Å²) >= 11 is 0. The molecule has 3 heteroatoms. The lowest BCUT2D eigenvalue weighted by molar-refractivity contribution is 0.142. The van der Waals surface area contributed by atoms with Crippen molar-refractivity contribution in [2.45, 2.75) is 25.4 Å². The Bertz CT molecular complexity index is 585. The highest BCUT2D eigenvalue weighted by molar-refractivity contribution is 5.33. The topological polar surface area (TPSA) is 30.5 Å². The lowest BCUT2D eigenvalue weighted by atomic mass is 9.88. The molecule has 1 saturated heterocycles. The zero-order valence-corrected chi connectivity index (χ0v) is 13.0. The summed E-state index contributed by atoms with van der Waals surface area (Å²) in [6.45, 7) is 4.57. The highest BCUT2D eigenvalue weighted by Crippen LogP contribution is 2.30. The number of hydrogen-bond donors (Lipinski definition) is 1. The molecule has 3 nitrogen and oxygen atoms in total. The van der Waals surface area contributed by atoms with Crippen LogP contribution in [0.2, 0.25) is 0 Å². The van der Waals surface area contributed by atoms with Gasteiger partial charge in [0.05, 0.1) is 6.61 Å². The van der Waals surface area contributed by atoms with E-state index in [0.717, 1.165) is 31.0 Å². The summed E-state index contributed by atoms with van der Waals surface area (Å²) in [5.74, 6) is 2.17. The zero-order valence-electron chi connectivity index (χ0n) is 13.0. The SMILES string of the molecule is CCOc1cccc(OC2CNCCC2c2ccccc2)c1. The minimum absolute atomic E-state index is 0.146. The summed E-state index contributed by atoms with van der Waals surface area (Å²) in [7, 11) is 0. The van der Waals surface area contributed by atoms with Crippen molar-refractivity contribution in [3.8, 4) is 11.5 Å². The van der Waals surface area contributed by atoms with Crippen molar-refractivity contribution in [2.75, 3.05) is 19.7 Å². The Labute approximate surface area is 132 Å². The molecule has 1 fully saturated rings. The van der Waals surface area contributed by atoms with Crippen molar-refractivity contribution in [3.05, 3.63) is 60.2 Å². The molecular weight excluding hydrogens is 274 g/mol. The van der Waals surface area contributed by atoms with Gasteiger partial charge in [0.15, 0.2) is 0 Å². The van der Waals surface area contributed by atoms with Crippen LogP contribution in [0.25, 0.3) is 0 Å². The number of rotatable bonds is 5. The van der Waals surface area contributed by atoms with Gasteiger partial charge in [-0.1, -0.05) is 36.4 Å². The molecule has 2 atom stereocenters. The highest BCUT2D eigenvalue weighted by Gasteiger charge is 2.28. The smallest absolute Gasteiger partial charge is 0.123 e. The van der Waals surface area contributed by atoms with Crippen LogP contribution in [0.4, 0.5) is 0 Å². The van der Waals surface area contributed by atoms with Gasteiger partial charge in [0, 0.05) is 18.5 Å². The van der Waals surface area contributed by atoms with Crippen molar-refractivity contribution >= 4 is 0 Å². The summed E-state index contributed by atoms with van der Waals surface area (Å²) in [4.78, 5) is 0. The van der Waals surface area contributed by atoms with E-state index in [-0.39, 0.29) is 6.10 Å². The summed E-state index contributed by atoms with van der Waals surface area (Å²) in [6.07, 6.45) is 1.24. The molecule has 2 unspecified atom stereocenters. The fourth-order valence-electron chi connectivity index (χ4n) is 3.01. The van der Waals surface area contributed by atoms with E-state index < -0.39 is 0 Å². The van der Waals surface area contributed by atoms with Gasteiger partial charge in [-0.25, -0.2) is 0 Å². The van der Waals surface area contributed by atoms with E-state index in [4.69, 9.17) is 9.47 Å². The lowest BCUT2D eigenvalue weighted by Gasteiger charge is -2.33. The van der Waals surface area contributed by atoms with Crippen molar-refractivity contribution in [1.29, 1.82) is 0 Å². The summed E-state index contributed by atoms with van der Waals surface area (Å²) in [5.41, 5.74) is 1.36. The maximum Gasteiger partial charge on any atom is 0.123 e. The lowest BCUT2D eigenvalue weighted by Crippen LogP contribution is -2.42. The van der Waals surface area contributed by atoms with E-state index in [1.165, 1.54) is 5.56 Å². The molecule has 116 valence electrons. The van der Waals surface area contributed by atoms with Crippen LogP contribution >= 0.6 is 0 Å². The molecular formula is C19H23NO2. The van der Waals surface area contributed by atoms with Crippen LogP contribution in [-0.4, -0.2) is 25.8 Å². The minimum atomic E-state index is 0.146. The predicted molar refractivity (Wildman–Crippen MR) is 88.7 cm³/mol. The van der Waals surface area contributed by atoms with E-state index in [1.54, 1.807) is 0 Å². The molecule has 2 aromatic rings. The molecule has 1 aliphatic heterocycles. The molecule has 0 spiro atoms. The highest BCUT2D eigenvalue weighted by atomic mass is 16.5. The summed E-state index contributed by atoms with van der Waals surface area (Å²) in [6, 6.07) is 18.6. The Morgan fingerprint density at radius 1 is 1.05 bits per heavy atom. The Balaban J connectivity index is 1.75. The van der Waals surface area contributed by atoms with Gasteiger partial charge in [0.1, 0.15) is 17.6 Å². The van der Waals surface area contributed by atoms with Crippen LogP contribution in [0.15, 0.2) is 54.6 Å². The number of ether oxygens (including phenoxy) is 2. The number of hydrogen-bond acceptors (Lipinski definition) is 3. The first-order valence-electron chi connectivity index (χ1n) is 8.02. The van der Waals surface area contributed by atoms with E-state index in [0.29, 0.717) is 12.5 Å². The molecule has 0 aromatic heterocycles. The van der Waals surface area contributed by atoms with Crippen molar-refractivity contribution in [3.63, 3.8) is 0 Å². The fourth-order valence-corrected chi connectivity index (χ4v) is 3.01. The second-order valence-electron chi connectivity index (χ2n) is 5.57. The third-order valence-corrected chi connectivity index (χ3v) is 4.06. The number of piperidine rings is 1. The number of benzene rings is 2. The predicted octanol–water partition coefficient (Wildman–Crippen LogP) is 3.61.